The number of rotatable bonds is 5. The maximum atomic E-state index is 9.80. The summed E-state index contributed by atoms with van der Waals surface area (Å²) in [6.45, 7) is 0.809. The van der Waals surface area contributed by atoms with E-state index < -0.39 is 0 Å². The largest absolute Gasteiger partial charge is 0.367 e. The van der Waals surface area contributed by atoms with Gasteiger partial charge in [0.2, 0.25) is 0 Å². The van der Waals surface area contributed by atoms with E-state index in [4.69, 9.17) is 21.6 Å². The van der Waals surface area contributed by atoms with Gasteiger partial charge in [0.1, 0.15) is 6.07 Å². The van der Waals surface area contributed by atoms with Crippen LogP contribution in [0.5, 0.6) is 0 Å². The minimum absolute atomic E-state index is 0.288. The Hall–Kier alpha value is -3.43. The molecule has 2 N–H and O–H groups in total. The van der Waals surface area contributed by atoms with Gasteiger partial charge in [-0.3, -0.25) is 5.10 Å². The van der Waals surface area contributed by atoms with Gasteiger partial charge < -0.3 is 5.32 Å². The van der Waals surface area contributed by atoms with Gasteiger partial charge in [0.05, 0.1) is 28.1 Å². The van der Waals surface area contributed by atoms with Crippen molar-refractivity contribution in [1.29, 1.82) is 5.26 Å². The summed E-state index contributed by atoms with van der Waals surface area (Å²) in [7, 11) is 0. The molecule has 0 saturated heterocycles. The number of nitriles is 1. The highest BCUT2D eigenvalue weighted by atomic mass is 35.5. The maximum absolute atomic E-state index is 9.80. The number of H-pyrrole nitrogens is 1. The molecule has 6 nitrogen and oxygen atoms in total. The number of halogens is 1. The summed E-state index contributed by atoms with van der Waals surface area (Å²) in [5.74, 6) is 1.16. The molecule has 5 rings (SSSR count). The standard InChI is InChI=1S/C24H21ClN6/c25-19-11-17(10-18-14-28-31-21(18)19)23-22(16-8-2-1-3-9-16)30-24(20(12-26)29-23)27-13-15-6-4-5-7-15/h1-3,8-11,14-15H,4-7,13H2,(H,27,30)(H,28,31). The zero-order valence-corrected chi connectivity index (χ0v) is 17.7. The molecular formula is C24H21ClN6. The Morgan fingerprint density at radius 1 is 1.06 bits per heavy atom. The average Bonchev–Trinajstić information content (AvgIpc) is 3.50. The summed E-state index contributed by atoms with van der Waals surface area (Å²) in [5, 5.41) is 21.6. The summed E-state index contributed by atoms with van der Waals surface area (Å²) in [6, 6.07) is 15.9. The van der Waals surface area contributed by atoms with E-state index >= 15 is 0 Å². The quantitative estimate of drug-likeness (QED) is 0.418. The molecule has 7 heteroatoms. The molecule has 2 aromatic heterocycles. The van der Waals surface area contributed by atoms with Gasteiger partial charge in [-0.05, 0) is 30.9 Å². The summed E-state index contributed by atoms with van der Waals surface area (Å²) < 4.78 is 0. The molecular weight excluding hydrogens is 408 g/mol. The van der Waals surface area contributed by atoms with Gasteiger partial charge in [0, 0.05) is 23.1 Å². The highest BCUT2D eigenvalue weighted by Crippen LogP contribution is 2.35. The Kier molecular flexibility index (Phi) is 5.27. The van der Waals surface area contributed by atoms with Crippen LogP contribution in [0.2, 0.25) is 5.02 Å². The van der Waals surface area contributed by atoms with E-state index in [0.717, 1.165) is 28.6 Å². The number of aromatic amines is 1. The Labute approximate surface area is 185 Å². The van der Waals surface area contributed by atoms with E-state index in [9.17, 15) is 5.26 Å². The second-order valence-corrected chi connectivity index (χ2v) is 8.33. The Morgan fingerprint density at radius 3 is 2.61 bits per heavy atom. The van der Waals surface area contributed by atoms with Gasteiger partial charge in [-0.2, -0.15) is 10.4 Å². The number of anilines is 1. The van der Waals surface area contributed by atoms with E-state index in [2.05, 4.69) is 21.6 Å². The first-order valence-corrected chi connectivity index (χ1v) is 10.8. The van der Waals surface area contributed by atoms with Crippen LogP contribution >= 0.6 is 11.6 Å². The zero-order chi connectivity index (χ0) is 21.2. The van der Waals surface area contributed by atoms with Crippen molar-refractivity contribution in [2.24, 2.45) is 5.92 Å². The van der Waals surface area contributed by atoms with Gasteiger partial charge in [-0.15, -0.1) is 0 Å². The third kappa shape index (κ3) is 3.85. The van der Waals surface area contributed by atoms with Gasteiger partial charge in [0.15, 0.2) is 11.5 Å². The number of hydrogen-bond acceptors (Lipinski definition) is 5. The van der Waals surface area contributed by atoms with Gasteiger partial charge in [-0.1, -0.05) is 54.8 Å². The molecule has 0 atom stereocenters. The minimum Gasteiger partial charge on any atom is -0.367 e. The van der Waals surface area contributed by atoms with Crippen LogP contribution in [0, 0.1) is 17.2 Å². The van der Waals surface area contributed by atoms with Crippen LogP contribution < -0.4 is 5.32 Å². The molecule has 31 heavy (non-hydrogen) atoms. The molecule has 0 aliphatic heterocycles. The molecule has 0 spiro atoms. The van der Waals surface area contributed by atoms with Gasteiger partial charge in [-0.25, -0.2) is 9.97 Å². The van der Waals surface area contributed by atoms with Crippen LogP contribution in [0.4, 0.5) is 5.82 Å². The topological polar surface area (TPSA) is 90.3 Å². The van der Waals surface area contributed by atoms with Crippen LogP contribution in [0.25, 0.3) is 33.4 Å². The fraction of sp³-hybridized carbons (Fsp3) is 0.250. The second-order valence-electron chi connectivity index (χ2n) is 7.92. The Balaban J connectivity index is 1.64. The molecule has 0 bridgehead atoms. The maximum Gasteiger partial charge on any atom is 0.183 e. The Bertz CT molecular complexity index is 1270. The fourth-order valence-electron chi connectivity index (χ4n) is 4.24. The lowest BCUT2D eigenvalue weighted by molar-refractivity contribution is 0.578. The second kappa shape index (κ2) is 8.37. The van der Waals surface area contributed by atoms with Crippen molar-refractivity contribution in [2.75, 3.05) is 11.9 Å². The van der Waals surface area contributed by atoms with E-state index in [0.29, 0.717) is 28.1 Å². The predicted octanol–water partition coefficient (Wildman–Crippen LogP) is 5.81. The van der Waals surface area contributed by atoms with E-state index in [1.54, 1.807) is 6.20 Å². The smallest absolute Gasteiger partial charge is 0.183 e. The highest BCUT2D eigenvalue weighted by molar-refractivity contribution is 6.35. The number of hydrogen-bond donors (Lipinski definition) is 2. The summed E-state index contributed by atoms with van der Waals surface area (Å²) in [4.78, 5) is 9.63. The molecule has 1 fully saturated rings. The van der Waals surface area contributed by atoms with Crippen molar-refractivity contribution in [2.45, 2.75) is 25.7 Å². The van der Waals surface area contributed by atoms with Crippen molar-refractivity contribution in [1.82, 2.24) is 20.2 Å². The summed E-state index contributed by atoms with van der Waals surface area (Å²) in [6.07, 6.45) is 6.70. The first kappa shape index (κ1) is 19.5. The van der Waals surface area contributed by atoms with Crippen molar-refractivity contribution in [3.8, 4) is 28.6 Å². The number of nitrogens with one attached hydrogen (secondary N) is 2. The lowest BCUT2D eigenvalue weighted by atomic mass is 10.0. The van der Waals surface area contributed by atoms with Crippen molar-refractivity contribution < 1.29 is 0 Å². The number of nitrogens with zero attached hydrogens (tertiary/aromatic N) is 4. The lowest BCUT2D eigenvalue weighted by Gasteiger charge is -2.16. The third-order valence-corrected chi connectivity index (χ3v) is 6.15. The minimum atomic E-state index is 0.288. The molecule has 1 aliphatic rings. The van der Waals surface area contributed by atoms with E-state index in [-0.39, 0.29) is 5.69 Å². The molecule has 2 heterocycles. The lowest BCUT2D eigenvalue weighted by Crippen LogP contribution is -2.14. The van der Waals surface area contributed by atoms with Crippen molar-refractivity contribution in [3.63, 3.8) is 0 Å². The van der Waals surface area contributed by atoms with E-state index in [1.165, 1.54) is 25.7 Å². The van der Waals surface area contributed by atoms with Crippen LogP contribution in [0.15, 0.2) is 48.7 Å². The molecule has 1 saturated carbocycles. The summed E-state index contributed by atoms with van der Waals surface area (Å²) >= 11 is 6.48. The van der Waals surface area contributed by atoms with Crippen molar-refractivity contribution >= 4 is 28.3 Å². The number of benzene rings is 2. The van der Waals surface area contributed by atoms with Crippen LogP contribution in [-0.4, -0.2) is 26.7 Å². The molecule has 154 valence electrons. The molecule has 0 unspecified atom stereocenters. The molecule has 1 aliphatic carbocycles. The average molecular weight is 429 g/mol. The van der Waals surface area contributed by atoms with Crippen molar-refractivity contribution in [3.05, 3.63) is 59.4 Å². The number of aromatic nitrogens is 4. The normalized spacial score (nSPS) is 14.1. The molecule has 0 amide bonds. The molecule has 2 aromatic carbocycles. The SMILES string of the molecule is N#Cc1nc(-c2cc(Cl)c3[nH]ncc3c2)c(-c2ccccc2)nc1NCC1CCCC1. The summed E-state index contributed by atoms with van der Waals surface area (Å²) in [5.41, 5.74) is 4.13. The van der Waals surface area contributed by atoms with E-state index in [1.807, 2.05) is 42.5 Å². The predicted molar refractivity (Wildman–Crippen MR) is 123 cm³/mol. The van der Waals surface area contributed by atoms with Gasteiger partial charge in [0.25, 0.3) is 0 Å². The van der Waals surface area contributed by atoms with Gasteiger partial charge >= 0.3 is 0 Å². The third-order valence-electron chi connectivity index (χ3n) is 5.86. The monoisotopic (exact) mass is 428 g/mol. The first-order valence-electron chi connectivity index (χ1n) is 10.5. The highest BCUT2D eigenvalue weighted by Gasteiger charge is 2.20. The van der Waals surface area contributed by atoms with Crippen LogP contribution in [0.3, 0.4) is 0 Å². The number of fused-ring (bicyclic) bond motifs is 1. The Morgan fingerprint density at radius 2 is 1.84 bits per heavy atom. The van der Waals surface area contributed by atoms with Crippen LogP contribution in [0.1, 0.15) is 31.4 Å². The van der Waals surface area contributed by atoms with Crippen LogP contribution in [-0.2, 0) is 0 Å². The molecule has 0 radical (unpaired) electrons. The fourth-order valence-corrected chi connectivity index (χ4v) is 4.51. The molecule has 4 aromatic rings. The zero-order valence-electron chi connectivity index (χ0n) is 16.9. The first-order chi connectivity index (χ1) is 15.2.